The van der Waals surface area contributed by atoms with Crippen LogP contribution in [0.4, 0.5) is 0 Å². The van der Waals surface area contributed by atoms with Crippen molar-refractivity contribution in [3.05, 3.63) is 0 Å². The maximum Gasteiger partial charge on any atom is 0.151 e. The molecular weight excluding hydrogens is 176 g/mol. The molecule has 0 saturated carbocycles. The summed E-state index contributed by atoms with van der Waals surface area (Å²) in [6, 6.07) is 0. The number of aldehydes is 1. The van der Waals surface area contributed by atoms with Gasteiger partial charge in [0.05, 0.1) is 5.60 Å². The lowest BCUT2D eigenvalue weighted by molar-refractivity contribution is -0.139. The van der Waals surface area contributed by atoms with E-state index in [-0.39, 0.29) is 11.0 Å². The smallest absolute Gasteiger partial charge is 0.151 e. The molecule has 0 N–H and O–H groups in total. The Bertz CT molecular complexity index is 229. The van der Waals surface area contributed by atoms with Gasteiger partial charge < -0.3 is 9.53 Å². The zero-order chi connectivity index (χ0) is 11.0. The van der Waals surface area contributed by atoms with E-state index in [0.717, 1.165) is 25.5 Å². The first-order valence-corrected chi connectivity index (χ1v) is 5.35. The monoisotopic (exact) mass is 198 g/mol. The molecule has 1 rings (SSSR count). The highest BCUT2D eigenvalue weighted by Crippen LogP contribution is 2.42. The van der Waals surface area contributed by atoms with Crippen LogP contribution in [0.2, 0.25) is 0 Å². The van der Waals surface area contributed by atoms with E-state index < -0.39 is 5.60 Å². The minimum atomic E-state index is -0.542. The maximum absolute atomic E-state index is 10.9. The summed E-state index contributed by atoms with van der Waals surface area (Å²) in [5.74, 6) is 0. The second kappa shape index (κ2) is 3.34. The van der Waals surface area contributed by atoms with Crippen molar-refractivity contribution in [3.8, 4) is 0 Å². The van der Waals surface area contributed by atoms with Gasteiger partial charge >= 0.3 is 0 Å². The van der Waals surface area contributed by atoms with Crippen molar-refractivity contribution in [2.24, 2.45) is 5.41 Å². The van der Waals surface area contributed by atoms with Crippen LogP contribution in [0.1, 0.15) is 53.9 Å². The SMILES string of the molecule is CC(C)(C)CC1(C)CCC(C)(C=O)O1. The maximum atomic E-state index is 10.9. The Morgan fingerprint density at radius 2 is 1.86 bits per heavy atom. The fraction of sp³-hybridized carbons (Fsp3) is 0.917. The predicted molar refractivity (Wildman–Crippen MR) is 57.3 cm³/mol. The van der Waals surface area contributed by atoms with Crippen LogP contribution in [0.15, 0.2) is 0 Å². The molecule has 2 heteroatoms. The summed E-state index contributed by atoms with van der Waals surface area (Å²) >= 11 is 0. The van der Waals surface area contributed by atoms with Crippen LogP contribution in [0, 0.1) is 5.41 Å². The third-order valence-corrected chi connectivity index (χ3v) is 2.78. The van der Waals surface area contributed by atoms with Crippen molar-refractivity contribution in [1.82, 2.24) is 0 Å². The Kier molecular flexibility index (Phi) is 2.79. The van der Waals surface area contributed by atoms with Crippen LogP contribution in [0.3, 0.4) is 0 Å². The summed E-state index contributed by atoms with van der Waals surface area (Å²) in [6.07, 6.45) is 3.78. The zero-order valence-electron chi connectivity index (χ0n) is 10.0. The van der Waals surface area contributed by atoms with Crippen molar-refractivity contribution in [3.63, 3.8) is 0 Å². The van der Waals surface area contributed by atoms with Crippen molar-refractivity contribution >= 4 is 6.29 Å². The standard InChI is InChI=1S/C12H22O2/c1-10(2,3)8-11(4)6-7-12(5,9-13)14-11/h9H,6-8H2,1-5H3. The number of carbonyl (C=O) groups is 1. The van der Waals surface area contributed by atoms with Gasteiger partial charge in [-0.3, -0.25) is 0 Å². The van der Waals surface area contributed by atoms with E-state index in [9.17, 15) is 4.79 Å². The van der Waals surface area contributed by atoms with Gasteiger partial charge in [0, 0.05) is 0 Å². The van der Waals surface area contributed by atoms with Gasteiger partial charge in [-0.25, -0.2) is 0 Å². The highest BCUT2D eigenvalue weighted by atomic mass is 16.5. The van der Waals surface area contributed by atoms with Crippen LogP contribution >= 0.6 is 0 Å². The largest absolute Gasteiger partial charge is 0.362 e. The van der Waals surface area contributed by atoms with Gasteiger partial charge in [0.2, 0.25) is 0 Å². The molecule has 1 heterocycles. The number of ether oxygens (including phenoxy) is 1. The average molecular weight is 198 g/mol. The molecular formula is C12H22O2. The fourth-order valence-corrected chi connectivity index (χ4v) is 2.51. The third-order valence-electron chi connectivity index (χ3n) is 2.78. The van der Waals surface area contributed by atoms with E-state index in [1.54, 1.807) is 0 Å². The van der Waals surface area contributed by atoms with Crippen LogP contribution in [-0.2, 0) is 9.53 Å². The molecule has 0 spiro atoms. The molecule has 82 valence electrons. The van der Waals surface area contributed by atoms with Crippen molar-refractivity contribution in [1.29, 1.82) is 0 Å². The molecule has 0 bridgehead atoms. The first kappa shape index (κ1) is 11.7. The second-order valence-electron chi connectivity index (χ2n) is 6.22. The molecule has 1 fully saturated rings. The average Bonchev–Trinajstić information content (AvgIpc) is 2.25. The Morgan fingerprint density at radius 3 is 2.21 bits per heavy atom. The molecule has 0 radical (unpaired) electrons. The van der Waals surface area contributed by atoms with Crippen molar-refractivity contribution < 1.29 is 9.53 Å². The number of rotatable bonds is 2. The van der Waals surface area contributed by atoms with Gasteiger partial charge in [-0.15, -0.1) is 0 Å². The van der Waals surface area contributed by atoms with Crippen LogP contribution in [0.25, 0.3) is 0 Å². The molecule has 0 amide bonds. The van der Waals surface area contributed by atoms with E-state index in [2.05, 4.69) is 27.7 Å². The molecule has 14 heavy (non-hydrogen) atoms. The molecule has 2 unspecified atom stereocenters. The molecule has 1 aliphatic rings. The second-order valence-corrected chi connectivity index (χ2v) is 6.22. The molecule has 1 aliphatic heterocycles. The van der Waals surface area contributed by atoms with Crippen LogP contribution in [0.5, 0.6) is 0 Å². The molecule has 0 aliphatic carbocycles. The van der Waals surface area contributed by atoms with Crippen LogP contribution in [-0.4, -0.2) is 17.5 Å². The van der Waals surface area contributed by atoms with E-state index in [4.69, 9.17) is 4.74 Å². The van der Waals surface area contributed by atoms with Gasteiger partial charge in [0.25, 0.3) is 0 Å². The fourth-order valence-electron chi connectivity index (χ4n) is 2.51. The van der Waals surface area contributed by atoms with Crippen molar-refractivity contribution in [2.45, 2.75) is 65.1 Å². The summed E-state index contributed by atoms with van der Waals surface area (Å²) in [5.41, 5.74) is -0.406. The number of hydrogen-bond acceptors (Lipinski definition) is 2. The first-order valence-electron chi connectivity index (χ1n) is 5.35. The summed E-state index contributed by atoms with van der Waals surface area (Å²) in [5, 5.41) is 0. The summed E-state index contributed by atoms with van der Waals surface area (Å²) in [6.45, 7) is 10.6. The van der Waals surface area contributed by atoms with Crippen molar-refractivity contribution in [2.75, 3.05) is 0 Å². The van der Waals surface area contributed by atoms with Gasteiger partial charge in [0.15, 0.2) is 6.29 Å². The quantitative estimate of drug-likeness (QED) is 0.638. The number of carbonyl (C=O) groups excluding carboxylic acids is 1. The highest BCUT2D eigenvalue weighted by Gasteiger charge is 2.45. The lowest BCUT2D eigenvalue weighted by Gasteiger charge is -2.33. The molecule has 2 atom stereocenters. The topological polar surface area (TPSA) is 26.3 Å². The lowest BCUT2D eigenvalue weighted by Crippen LogP contribution is -2.35. The Balaban J connectivity index is 2.67. The highest BCUT2D eigenvalue weighted by molar-refractivity contribution is 5.62. The molecule has 0 aromatic rings. The van der Waals surface area contributed by atoms with E-state index in [1.165, 1.54) is 0 Å². The first-order chi connectivity index (χ1) is 6.18. The summed E-state index contributed by atoms with van der Waals surface area (Å²) in [4.78, 5) is 10.9. The summed E-state index contributed by atoms with van der Waals surface area (Å²) < 4.78 is 5.89. The van der Waals surface area contributed by atoms with Gasteiger partial charge in [-0.05, 0) is 38.5 Å². The van der Waals surface area contributed by atoms with E-state index in [0.29, 0.717) is 0 Å². The molecule has 0 aromatic carbocycles. The minimum absolute atomic E-state index is 0.117. The normalized spacial score (nSPS) is 38.6. The minimum Gasteiger partial charge on any atom is -0.362 e. The Labute approximate surface area is 87.0 Å². The Hall–Kier alpha value is -0.370. The molecule has 0 aromatic heterocycles. The third kappa shape index (κ3) is 2.81. The predicted octanol–water partition coefficient (Wildman–Crippen LogP) is 2.95. The van der Waals surface area contributed by atoms with Gasteiger partial charge in [0.1, 0.15) is 5.60 Å². The molecule has 1 saturated heterocycles. The Morgan fingerprint density at radius 1 is 1.29 bits per heavy atom. The lowest BCUT2D eigenvalue weighted by atomic mass is 9.81. The zero-order valence-corrected chi connectivity index (χ0v) is 10.0. The van der Waals surface area contributed by atoms with Gasteiger partial charge in [-0.2, -0.15) is 0 Å². The summed E-state index contributed by atoms with van der Waals surface area (Å²) in [7, 11) is 0. The van der Waals surface area contributed by atoms with E-state index in [1.807, 2.05) is 6.92 Å². The molecule has 2 nitrogen and oxygen atoms in total. The van der Waals surface area contributed by atoms with Gasteiger partial charge in [-0.1, -0.05) is 20.8 Å². The van der Waals surface area contributed by atoms with Crippen LogP contribution < -0.4 is 0 Å². The number of hydrogen-bond donors (Lipinski definition) is 0. The van der Waals surface area contributed by atoms with E-state index >= 15 is 0 Å².